The number of aliphatic hydroxyl groups is 1. The summed E-state index contributed by atoms with van der Waals surface area (Å²) < 4.78 is 5.34. The van der Waals surface area contributed by atoms with Crippen molar-refractivity contribution in [3.8, 4) is 16.9 Å². The van der Waals surface area contributed by atoms with E-state index in [1.165, 1.54) is 5.56 Å². The molecule has 1 heterocycles. The highest BCUT2D eigenvalue weighted by atomic mass is 16.5. The van der Waals surface area contributed by atoms with Crippen molar-refractivity contribution in [1.29, 1.82) is 0 Å². The van der Waals surface area contributed by atoms with E-state index >= 15 is 0 Å². The van der Waals surface area contributed by atoms with E-state index in [9.17, 15) is 9.90 Å². The maximum Gasteiger partial charge on any atom is 0.176 e. The fraction of sp³-hybridized carbons (Fsp3) is 0.345. The minimum Gasteiger partial charge on any atom is -0.497 e. The van der Waals surface area contributed by atoms with Crippen molar-refractivity contribution >= 4 is 5.78 Å². The number of Topliss-reactive ketones (excluding diaryl/α,β-unsaturated/α-hetero) is 1. The van der Waals surface area contributed by atoms with Crippen molar-refractivity contribution in [3.63, 3.8) is 0 Å². The molecule has 0 spiro atoms. The van der Waals surface area contributed by atoms with Gasteiger partial charge in [-0.2, -0.15) is 0 Å². The lowest BCUT2D eigenvalue weighted by molar-refractivity contribution is 0.0355. The van der Waals surface area contributed by atoms with Crippen LogP contribution >= 0.6 is 0 Å². The van der Waals surface area contributed by atoms with E-state index in [0.717, 1.165) is 54.8 Å². The average molecular weight is 442 g/mol. The summed E-state index contributed by atoms with van der Waals surface area (Å²) in [5.74, 6) is 1.89. The highest BCUT2D eigenvalue weighted by Gasteiger charge is 2.48. The van der Waals surface area contributed by atoms with Crippen molar-refractivity contribution in [2.45, 2.75) is 24.9 Å². The molecule has 1 N–H and O–H groups in total. The van der Waals surface area contributed by atoms with Crippen molar-refractivity contribution in [3.05, 3.63) is 90.0 Å². The van der Waals surface area contributed by atoms with Crippen molar-refractivity contribution in [2.24, 2.45) is 11.8 Å². The topological polar surface area (TPSA) is 49.8 Å². The van der Waals surface area contributed by atoms with Crippen LogP contribution < -0.4 is 4.74 Å². The number of methoxy groups -OCH3 is 1. The fourth-order valence-corrected chi connectivity index (χ4v) is 5.78. The summed E-state index contributed by atoms with van der Waals surface area (Å²) in [5, 5.41) is 11.2. The number of ether oxygens (including phenoxy) is 1. The van der Waals surface area contributed by atoms with E-state index in [-0.39, 0.29) is 5.78 Å². The van der Waals surface area contributed by atoms with Crippen molar-refractivity contribution < 1.29 is 14.6 Å². The molecule has 5 rings (SSSR count). The van der Waals surface area contributed by atoms with Gasteiger partial charge in [-0.3, -0.25) is 9.69 Å². The third kappa shape index (κ3) is 4.87. The van der Waals surface area contributed by atoms with Crippen molar-refractivity contribution in [2.75, 3.05) is 26.7 Å². The lowest BCUT2D eigenvalue weighted by Crippen LogP contribution is -2.34. The number of benzene rings is 3. The summed E-state index contributed by atoms with van der Waals surface area (Å²) in [7, 11) is 1.66. The summed E-state index contributed by atoms with van der Waals surface area (Å²) in [6.07, 6.45) is 2.36. The van der Waals surface area contributed by atoms with Gasteiger partial charge in [0, 0.05) is 25.1 Å². The minimum absolute atomic E-state index is 0.152. The summed E-state index contributed by atoms with van der Waals surface area (Å²) >= 11 is 0. The second kappa shape index (κ2) is 9.12. The van der Waals surface area contributed by atoms with Crippen LogP contribution in [0.4, 0.5) is 0 Å². The van der Waals surface area contributed by atoms with Gasteiger partial charge in [-0.1, -0.05) is 60.7 Å². The molecule has 0 radical (unpaired) electrons. The predicted molar refractivity (Wildman–Crippen MR) is 131 cm³/mol. The van der Waals surface area contributed by atoms with Gasteiger partial charge < -0.3 is 9.84 Å². The van der Waals surface area contributed by atoms with Crippen LogP contribution in [0.3, 0.4) is 0 Å². The van der Waals surface area contributed by atoms with Crippen LogP contribution in [-0.4, -0.2) is 48.1 Å². The SMILES string of the molecule is COc1cccc(-c2cccc(C(=O)CN3C[C@@H]4CC(O)(Cc5ccccc5)C[C@@H]4C3)c2)c1. The van der Waals surface area contributed by atoms with Crippen LogP contribution in [0.15, 0.2) is 78.9 Å². The Bertz CT molecular complexity index is 1110. The Labute approximate surface area is 195 Å². The Morgan fingerprint density at radius 2 is 1.61 bits per heavy atom. The number of likely N-dealkylation sites (tertiary alicyclic amines) is 1. The molecule has 1 saturated heterocycles. The molecule has 3 aromatic rings. The van der Waals surface area contributed by atoms with Crippen LogP contribution in [-0.2, 0) is 6.42 Å². The van der Waals surface area contributed by atoms with Gasteiger partial charge in [-0.05, 0) is 59.6 Å². The first-order valence-electron chi connectivity index (χ1n) is 11.8. The van der Waals surface area contributed by atoms with Gasteiger partial charge in [0.2, 0.25) is 0 Å². The molecule has 33 heavy (non-hydrogen) atoms. The molecule has 0 aromatic heterocycles. The average Bonchev–Trinajstić information content (AvgIpc) is 3.33. The molecule has 2 aliphatic rings. The largest absolute Gasteiger partial charge is 0.497 e. The Hall–Kier alpha value is -2.95. The zero-order chi connectivity index (χ0) is 22.8. The molecule has 1 aliphatic carbocycles. The number of hydrogen-bond donors (Lipinski definition) is 1. The molecule has 1 aliphatic heterocycles. The monoisotopic (exact) mass is 441 g/mol. The van der Waals surface area contributed by atoms with E-state index in [0.29, 0.717) is 18.4 Å². The van der Waals surface area contributed by atoms with Gasteiger partial charge in [0.1, 0.15) is 5.75 Å². The van der Waals surface area contributed by atoms with Gasteiger partial charge in [0.15, 0.2) is 5.78 Å². The fourth-order valence-electron chi connectivity index (χ4n) is 5.78. The lowest BCUT2D eigenvalue weighted by atomic mass is 9.91. The molecule has 3 atom stereocenters. The zero-order valence-electron chi connectivity index (χ0n) is 19.1. The second-order valence-electron chi connectivity index (χ2n) is 9.75. The molecule has 0 amide bonds. The van der Waals surface area contributed by atoms with Crippen LogP contribution in [0.25, 0.3) is 11.1 Å². The summed E-state index contributed by atoms with van der Waals surface area (Å²) in [6.45, 7) is 2.22. The molecule has 1 unspecified atom stereocenters. The molecule has 4 nitrogen and oxygen atoms in total. The maximum atomic E-state index is 13.1. The molecular formula is C29H31NO3. The van der Waals surface area contributed by atoms with E-state index in [1.807, 2.05) is 66.7 Å². The second-order valence-corrected chi connectivity index (χ2v) is 9.75. The Balaban J connectivity index is 1.20. The number of rotatable bonds is 7. The van der Waals surface area contributed by atoms with Gasteiger partial charge in [0.05, 0.1) is 19.3 Å². The van der Waals surface area contributed by atoms with E-state index in [2.05, 4.69) is 17.0 Å². The third-order valence-electron chi connectivity index (χ3n) is 7.27. The number of carbonyl (C=O) groups is 1. The van der Waals surface area contributed by atoms with Crippen LogP contribution in [0.2, 0.25) is 0 Å². The Morgan fingerprint density at radius 3 is 2.30 bits per heavy atom. The number of carbonyl (C=O) groups excluding carboxylic acids is 1. The highest BCUT2D eigenvalue weighted by Crippen LogP contribution is 2.45. The molecule has 3 aromatic carbocycles. The van der Waals surface area contributed by atoms with Crippen molar-refractivity contribution in [1.82, 2.24) is 4.90 Å². The van der Waals surface area contributed by atoms with Crippen LogP contribution in [0.5, 0.6) is 5.75 Å². The smallest absolute Gasteiger partial charge is 0.176 e. The zero-order valence-corrected chi connectivity index (χ0v) is 19.1. The first-order chi connectivity index (χ1) is 16.0. The van der Waals surface area contributed by atoms with Gasteiger partial charge in [-0.15, -0.1) is 0 Å². The van der Waals surface area contributed by atoms with Gasteiger partial charge in [0.25, 0.3) is 0 Å². The normalized spacial score (nSPS) is 24.5. The summed E-state index contributed by atoms with van der Waals surface area (Å²) in [4.78, 5) is 15.4. The molecular weight excluding hydrogens is 410 g/mol. The Kier molecular flexibility index (Phi) is 6.05. The maximum absolute atomic E-state index is 13.1. The minimum atomic E-state index is -0.613. The number of fused-ring (bicyclic) bond motifs is 1. The molecule has 4 heteroatoms. The predicted octanol–water partition coefficient (Wildman–Crippen LogP) is 4.86. The summed E-state index contributed by atoms with van der Waals surface area (Å²) in [6, 6.07) is 26.0. The first kappa shape index (κ1) is 21.9. The third-order valence-corrected chi connectivity index (χ3v) is 7.27. The Morgan fingerprint density at radius 1 is 0.939 bits per heavy atom. The molecule has 170 valence electrons. The van der Waals surface area contributed by atoms with E-state index in [1.54, 1.807) is 7.11 Å². The van der Waals surface area contributed by atoms with Gasteiger partial charge >= 0.3 is 0 Å². The standard InChI is InChI=1S/C29H31NO3/c1-33-27-12-6-10-23(14-27)22-9-5-11-24(13-22)28(31)20-30-18-25-16-29(32,17-26(25)19-30)15-21-7-3-2-4-8-21/h2-14,25-26,32H,15-20H2,1H3/t25-,26+,29?. The number of nitrogens with zero attached hydrogens (tertiary/aromatic N) is 1. The van der Waals surface area contributed by atoms with E-state index < -0.39 is 5.60 Å². The number of ketones is 1. The first-order valence-corrected chi connectivity index (χ1v) is 11.8. The molecule has 0 bridgehead atoms. The van der Waals surface area contributed by atoms with Crippen LogP contribution in [0, 0.1) is 11.8 Å². The van der Waals surface area contributed by atoms with Gasteiger partial charge in [-0.25, -0.2) is 0 Å². The quantitative estimate of drug-likeness (QED) is 0.532. The molecule has 1 saturated carbocycles. The molecule has 2 fully saturated rings. The highest BCUT2D eigenvalue weighted by molar-refractivity contribution is 5.98. The lowest BCUT2D eigenvalue weighted by Gasteiger charge is -2.26. The summed E-state index contributed by atoms with van der Waals surface area (Å²) in [5.41, 5.74) is 3.38. The number of hydrogen-bond acceptors (Lipinski definition) is 4. The van der Waals surface area contributed by atoms with E-state index in [4.69, 9.17) is 4.74 Å². The van der Waals surface area contributed by atoms with Crippen LogP contribution in [0.1, 0.15) is 28.8 Å².